The molecule has 0 bridgehead atoms. The van der Waals surface area contributed by atoms with E-state index >= 15 is 0 Å². The lowest BCUT2D eigenvalue weighted by molar-refractivity contribution is 0.102. The van der Waals surface area contributed by atoms with Crippen LogP contribution in [0.2, 0.25) is 0 Å². The number of halogens is 1. The fourth-order valence-electron chi connectivity index (χ4n) is 3.49. The first-order valence-corrected chi connectivity index (χ1v) is 11.2. The summed E-state index contributed by atoms with van der Waals surface area (Å²) in [6, 6.07) is 9.81. The lowest BCUT2D eigenvalue weighted by Crippen LogP contribution is -2.43. The minimum Gasteiger partial charge on any atom is -0.367 e. The highest BCUT2D eigenvalue weighted by Gasteiger charge is 2.19. The fraction of sp³-hybridized carbons (Fsp3) is 0.200. The molecule has 30 heavy (non-hydrogen) atoms. The molecule has 4 heterocycles. The van der Waals surface area contributed by atoms with Crippen LogP contribution in [0.1, 0.15) is 10.5 Å². The second kappa shape index (κ2) is 8.13. The van der Waals surface area contributed by atoms with Crippen molar-refractivity contribution in [3.8, 4) is 5.13 Å². The SMILES string of the molecule is O=C(Nc1cnccc1N1CCNCC1)c1csc(-n2nc(Br)c3ccccc32)n1. The van der Waals surface area contributed by atoms with Crippen molar-refractivity contribution in [2.45, 2.75) is 0 Å². The summed E-state index contributed by atoms with van der Waals surface area (Å²) in [4.78, 5) is 23.8. The van der Waals surface area contributed by atoms with Gasteiger partial charge in [0.25, 0.3) is 5.91 Å². The van der Waals surface area contributed by atoms with Gasteiger partial charge in [0.1, 0.15) is 10.3 Å². The molecule has 0 spiro atoms. The molecule has 4 aromatic rings. The van der Waals surface area contributed by atoms with Gasteiger partial charge in [0.15, 0.2) is 0 Å². The summed E-state index contributed by atoms with van der Waals surface area (Å²) < 4.78 is 2.49. The number of carbonyl (C=O) groups excluding carboxylic acids is 1. The van der Waals surface area contributed by atoms with Crippen molar-refractivity contribution < 1.29 is 4.79 Å². The average Bonchev–Trinajstić information content (AvgIpc) is 3.40. The van der Waals surface area contributed by atoms with Crippen LogP contribution in [0.5, 0.6) is 0 Å². The molecule has 1 aliphatic heterocycles. The number of carbonyl (C=O) groups is 1. The van der Waals surface area contributed by atoms with E-state index in [-0.39, 0.29) is 5.91 Å². The Morgan fingerprint density at radius 2 is 2.03 bits per heavy atom. The Labute approximate surface area is 185 Å². The number of nitrogens with zero attached hydrogens (tertiary/aromatic N) is 5. The van der Waals surface area contributed by atoms with Crippen LogP contribution in [-0.4, -0.2) is 51.8 Å². The molecule has 0 aliphatic carbocycles. The van der Waals surface area contributed by atoms with E-state index in [0.29, 0.717) is 16.5 Å². The maximum Gasteiger partial charge on any atom is 0.275 e. The molecule has 10 heteroatoms. The molecule has 1 fully saturated rings. The zero-order valence-electron chi connectivity index (χ0n) is 15.9. The van der Waals surface area contributed by atoms with Gasteiger partial charge in [0.2, 0.25) is 5.13 Å². The van der Waals surface area contributed by atoms with Crippen LogP contribution in [0.25, 0.3) is 16.0 Å². The molecule has 5 rings (SSSR count). The topological polar surface area (TPSA) is 88.0 Å². The maximum atomic E-state index is 12.9. The fourth-order valence-corrected chi connectivity index (χ4v) is 4.75. The van der Waals surface area contributed by atoms with Crippen LogP contribution in [0.3, 0.4) is 0 Å². The number of aromatic nitrogens is 4. The molecule has 0 saturated carbocycles. The first-order valence-electron chi connectivity index (χ1n) is 9.51. The van der Waals surface area contributed by atoms with Gasteiger partial charge in [-0.3, -0.25) is 9.78 Å². The summed E-state index contributed by atoms with van der Waals surface area (Å²) in [6.07, 6.45) is 3.43. The van der Waals surface area contributed by atoms with Crippen LogP contribution in [0.4, 0.5) is 11.4 Å². The average molecular weight is 484 g/mol. The van der Waals surface area contributed by atoms with Crippen LogP contribution in [0, 0.1) is 0 Å². The predicted octanol–water partition coefficient (Wildman–Crippen LogP) is 3.30. The molecule has 1 amide bonds. The zero-order chi connectivity index (χ0) is 20.5. The van der Waals surface area contributed by atoms with Crippen molar-refractivity contribution in [1.82, 2.24) is 25.1 Å². The van der Waals surface area contributed by atoms with Crippen LogP contribution in [-0.2, 0) is 0 Å². The Kier molecular flexibility index (Phi) is 5.19. The van der Waals surface area contributed by atoms with Crippen molar-refractivity contribution in [2.24, 2.45) is 0 Å². The molecule has 0 radical (unpaired) electrons. The van der Waals surface area contributed by atoms with Gasteiger partial charge in [-0.2, -0.15) is 5.10 Å². The van der Waals surface area contributed by atoms with Gasteiger partial charge >= 0.3 is 0 Å². The van der Waals surface area contributed by atoms with Crippen molar-refractivity contribution in [3.05, 3.63) is 58.4 Å². The van der Waals surface area contributed by atoms with Crippen LogP contribution >= 0.6 is 27.3 Å². The number of para-hydroxylation sites is 1. The van der Waals surface area contributed by atoms with E-state index < -0.39 is 0 Å². The van der Waals surface area contributed by atoms with E-state index in [1.807, 2.05) is 30.3 Å². The molecule has 3 aromatic heterocycles. The van der Waals surface area contributed by atoms with E-state index in [9.17, 15) is 4.79 Å². The molecular weight excluding hydrogens is 466 g/mol. The Balaban J connectivity index is 1.40. The Morgan fingerprint density at radius 1 is 1.20 bits per heavy atom. The van der Waals surface area contributed by atoms with Gasteiger partial charge in [-0.05, 0) is 28.1 Å². The van der Waals surface area contributed by atoms with Crippen molar-refractivity contribution in [3.63, 3.8) is 0 Å². The normalized spacial score (nSPS) is 14.2. The van der Waals surface area contributed by atoms with Crippen LogP contribution in [0.15, 0.2) is 52.7 Å². The molecule has 0 atom stereocenters. The number of anilines is 2. The summed E-state index contributed by atoms with van der Waals surface area (Å²) in [5.74, 6) is -0.266. The van der Waals surface area contributed by atoms with Crippen LogP contribution < -0.4 is 15.5 Å². The predicted molar refractivity (Wildman–Crippen MR) is 122 cm³/mol. The largest absolute Gasteiger partial charge is 0.367 e. The molecule has 8 nitrogen and oxygen atoms in total. The molecule has 1 aromatic carbocycles. The third-order valence-corrected chi connectivity index (χ3v) is 6.35. The van der Waals surface area contributed by atoms with Gasteiger partial charge < -0.3 is 15.5 Å². The highest BCUT2D eigenvalue weighted by Crippen LogP contribution is 2.28. The van der Waals surface area contributed by atoms with E-state index in [4.69, 9.17) is 0 Å². The van der Waals surface area contributed by atoms with Gasteiger partial charge in [-0.25, -0.2) is 9.67 Å². The van der Waals surface area contributed by atoms with E-state index in [0.717, 1.165) is 47.4 Å². The number of rotatable bonds is 4. The smallest absolute Gasteiger partial charge is 0.275 e. The molecular formula is C20H18BrN7OS. The number of amides is 1. The number of fused-ring (bicyclic) bond motifs is 1. The number of thiazole rings is 1. The highest BCUT2D eigenvalue weighted by molar-refractivity contribution is 9.10. The van der Waals surface area contributed by atoms with E-state index in [1.54, 1.807) is 22.5 Å². The summed E-state index contributed by atoms with van der Waals surface area (Å²) >= 11 is 4.87. The number of hydrogen-bond acceptors (Lipinski definition) is 7. The maximum absolute atomic E-state index is 12.9. The third-order valence-electron chi connectivity index (χ3n) is 4.95. The summed E-state index contributed by atoms with van der Waals surface area (Å²) in [7, 11) is 0. The first-order chi connectivity index (χ1) is 14.7. The van der Waals surface area contributed by atoms with Gasteiger partial charge in [0.05, 0.1) is 23.1 Å². The minimum absolute atomic E-state index is 0.266. The molecule has 152 valence electrons. The van der Waals surface area contributed by atoms with Crippen molar-refractivity contribution >= 4 is 55.5 Å². The summed E-state index contributed by atoms with van der Waals surface area (Å²) in [5.41, 5.74) is 2.93. The van der Waals surface area contributed by atoms with Gasteiger partial charge in [-0.1, -0.05) is 18.2 Å². The Hall–Kier alpha value is -2.82. The lowest BCUT2D eigenvalue weighted by Gasteiger charge is -2.30. The standard InChI is InChI=1S/C20H18BrN7OS/c21-18-13-3-1-2-4-16(13)28(26-18)20-25-15(12-30-20)19(29)24-14-11-23-6-5-17(14)27-9-7-22-8-10-27/h1-6,11-12,22H,7-10H2,(H,24,29). The summed E-state index contributed by atoms with van der Waals surface area (Å²) in [5, 5.41) is 14.2. The number of piperazine rings is 1. The first kappa shape index (κ1) is 19.2. The quantitative estimate of drug-likeness (QED) is 0.462. The molecule has 2 N–H and O–H groups in total. The number of nitrogens with one attached hydrogen (secondary N) is 2. The van der Waals surface area contributed by atoms with Gasteiger partial charge in [0, 0.05) is 43.1 Å². The number of pyridine rings is 1. The van der Waals surface area contributed by atoms with Crippen molar-refractivity contribution in [1.29, 1.82) is 0 Å². The lowest BCUT2D eigenvalue weighted by atomic mass is 10.2. The number of hydrogen-bond donors (Lipinski definition) is 2. The highest BCUT2D eigenvalue weighted by atomic mass is 79.9. The van der Waals surface area contributed by atoms with E-state index in [2.05, 4.69) is 46.5 Å². The summed E-state index contributed by atoms with van der Waals surface area (Å²) in [6.45, 7) is 3.60. The zero-order valence-corrected chi connectivity index (χ0v) is 18.3. The van der Waals surface area contributed by atoms with Crippen molar-refractivity contribution in [2.75, 3.05) is 36.4 Å². The molecule has 1 saturated heterocycles. The number of benzene rings is 1. The monoisotopic (exact) mass is 483 g/mol. The Morgan fingerprint density at radius 3 is 2.90 bits per heavy atom. The molecule has 1 aliphatic rings. The third kappa shape index (κ3) is 3.57. The second-order valence-corrected chi connectivity index (χ2v) is 8.41. The minimum atomic E-state index is -0.266. The Bertz CT molecular complexity index is 1210. The van der Waals surface area contributed by atoms with E-state index in [1.165, 1.54) is 11.3 Å². The van der Waals surface area contributed by atoms with Gasteiger partial charge in [-0.15, -0.1) is 11.3 Å². The molecule has 0 unspecified atom stereocenters. The second-order valence-electron chi connectivity index (χ2n) is 6.82.